The molecule has 25 heavy (non-hydrogen) atoms. The van der Waals surface area contributed by atoms with E-state index in [1.54, 1.807) is 12.4 Å². The topological polar surface area (TPSA) is 33.2 Å². The Balaban J connectivity index is 1.67. The maximum Gasteiger partial charge on any atom is 0.234 e. The normalized spacial score (nSPS) is 14.2. The van der Waals surface area contributed by atoms with Gasteiger partial charge in [0.25, 0.3) is 0 Å². The minimum atomic E-state index is -0.185. The number of hydrogen-bond donors (Lipinski definition) is 0. The van der Waals surface area contributed by atoms with Crippen LogP contribution in [0.25, 0.3) is 0 Å². The van der Waals surface area contributed by atoms with Crippen molar-refractivity contribution in [2.24, 2.45) is 0 Å². The summed E-state index contributed by atoms with van der Waals surface area (Å²) in [6, 6.07) is 22.3. The molecule has 3 aromatic rings. The molecule has 1 atom stereocenters. The number of pyridine rings is 1. The van der Waals surface area contributed by atoms with Crippen LogP contribution < -0.4 is 4.90 Å². The van der Waals surface area contributed by atoms with E-state index in [0.717, 1.165) is 29.8 Å². The van der Waals surface area contributed by atoms with E-state index >= 15 is 0 Å². The van der Waals surface area contributed by atoms with Crippen molar-refractivity contribution in [2.45, 2.75) is 18.8 Å². The number of aromatic nitrogens is 1. The Labute approximate surface area is 148 Å². The second-order valence-corrected chi connectivity index (χ2v) is 6.39. The SMILES string of the molecule is O=C(C(Cc1ccncc1)c1ccccc1)N1CCc2ccccc21. The van der Waals surface area contributed by atoms with Crippen LogP contribution in [0.4, 0.5) is 5.69 Å². The van der Waals surface area contributed by atoms with E-state index in [-0.39, 0.29) is 11.8 Å². The predicted octanol–water partition coefficient (Wildman–Crippen LogP) is 4.00. The molecule has 2 heterocycles. The molecule has 1 aliphatic heterocycles. The summed E-state index contributed by atoms with van der Waals surface area (Å²) < 4.78 is 0. The van der Waals surface area contributed by atoms with E-state index < -0.39 is 0 Å². The van der Waals surface area contributed by atoms with Gasteiger partial charge in [-0.1, -0.05) is 48.5 Å². The van der Waals surface area contributed by atoms with Crippen molar-refractivity contribution in [3.63, 3.8) is 0 Å². The van der Waals surface area contributed by atoms with Gasteiger partial charge in [0.05, 0.1) is 5.92 Å². The Morgan fingerprint density at radius 3 is 2.48 bits per heavy atom. The van der Waals surface area contributed by atoms with Crippen molar-refractivity contribution in [3.05, 3.63) is 95.8 Å². The lowest BCUT2D eigenvalue weighted by Gasteiger charge is -2.24. The van der Waals surface area contributed by atoms with Gasteiger partial charge in [0.15, 0.2) is 0 Å². The van der Waals surface area contributed by atoms with E-state index in [0.29, 0.717) is 6.42 Å². The van der Waals surface area contributed by atoms with Gasteiger partial charge in [-0.3, -0.25) is 9.78 Å². The first kappa shape index (κ1) is 15.6. The van der Waals surface area contributed by atoms with Gasteiger partial charge >= 0.3 is 0 Å². The van der Waals surface area contributed by atoms with Gasteiger partial charge in [0.2, 0.25) is 5.91 Å². The molecule has 0 saturated carbocycles. The molecule has 124 valence electrons. The van der Waals surface area contributed by atoms with Gasteiger partial charge in [-0.05, 0) is 47.7 Å². The van der Waals surface area contributed by atoms with Crippen molar-refractivity contribution in [2.75, 3.05) is 11.4 Å². The Bertz CT molecular complexity index is 861. The number of carbonyl (C=O) groups excluding carboxylic acids is 1. The number of nitrogens with zero attached hydrogens (tertiary/aromatic N) is 2. The summed E-state index contributed by atoms with van der Waals surface area (Å²) in [5.41, 5.74) is 4.51. The second-order valence-electron chi connectivity index (χ2n) is 6.39. The highest BCUT2D eigenvalue weighted by Crippen LogP contribution is 2.32. The molecule has 0 spiro atoms. The molecular formula is C22H20N2O. The highest BCUT2D eigenvalue weighted by Gasteiger charge is 2.31. The van der Waals surface area contributed by atoms with Crippen LogP contribution in [-0.2, 0) is 17.6 Å². The van der Waals surface area contributed by atoms with Gasteiger partial charge in [0, 0.05) is 24.6 Å². The zero-order valence-electron chi connectivity index (χ0n) is 14.0. The molecule has 1 amide bonds. The fraction of sp³-hybridized carbons (Fsp3) is 0.182. The first-order chi connectivity index (χ1) is 12.3. The summed E-state index contributed by atoms with van der Waals surface area (Å²) in [5.74, 6) is -0.0114. The molecule has 2 aromatic carbocycles. The number of para-hydroxylation sites is 1. The van der Waals surface area contributed by atoms with Gasteiger partial charge in [0.1, 0.15) is 0 Å². The quantitative estimate of drug-likeness (QED) is 0.725. The third-order valence-electron chi connectivity index (χ3n) is 4.84. The fourth-order valence-electron chi connectivity index (χ4n) is 3.54. The lowest BCUT2D eigenvalue weighted by atomic mass is 9.91. The van der Waals surface area contributed by atoms with E-state index in [1.165, 1.54) is 5.56 Å². The minimum absolute atomic E-state index is 0.174. The average Bonchev–Trinajstić information content (AvgIpc) is 3.11. The van der Waals surface area contributed by atoms with Crippen LogP contribution in [0.2, 0.25) is 0 Å². The summed E-state index contributed by atoms with van der Waals surface area (Å²) >= 11 is 0. The van der Waals surface area contributed by atoms with E-state index in [4.69, 9.17) is 0 Å². The molecular weight excluding hydrogens is 308 g/mol. The molecule has 3 heteroatoms. The zero-order chi connectivity index (χ0) is 17.1. The molecule has 0 bridgehead atoms. The molecule has 4 rings (SSSR count). The summed E-state index contributed by atoms with van der Waals surface area (Å²) in [7, 11) is 0. The minimum Gasteiger partial charge on any atom is -0.311 e. The van der Waals surface area contributed by atoms with Gasteiger partial charge in [-0.15, -0.1) is 0 Å². The number of amides is 1. The molecule has 0 fully saturated rings. The number of carbonyl (C=O) groups is 1. The van der Waals surface area contributed by atoms with Gasteiger partial charge < -0.3 is 4.90 Å². The number of anilines is 1. The maximum absolute atomic E-state index is 13.4. The van der Waals surface area contributed by atoms with Crippen molar-refractivity contribution in [1.29, 1.82) is 0 Å². The highest BCUT2D eigenvalue weighted by atomic mass is 16.2. The Hall–Kier alpha value is -2.94. The Morgan fingerprint density at radius 1 is 0.960 bits per heavy atom. The average molecular weight is 328 g/mol. The Kier molecular flexibility index (Phi) is 4.30. The molecule has 1 unspecified atom stereocenters. The van der Waals surface area contributed by atoms with Crippen LogP contribution >= 0.6 is 0 Å². The first-order valence-electron chi connectivity index (χ1n) is 8.66. The van der Waals surface area contributed by atoms with Gasteiger partial charge in [-0.2, -0.15) is 0 Å². The van der Waals surface area contributed by atoms with Crippen LogP contribution in [0.5, 0.6) is 0 Å². The number of fused-ring (bicyclic) bond motifs is 1. The molecule has 0 saturated heterocycles. The molecule has 0 N–H and O–H groups in total. The molecule has 1 aliphatic rings. The third kappa shape index (κ3) is 3.18. The number of benzene rings is 2. The van der Waals surface area contributed by atoms with E-state index in [9.17, 15) is 4.79 Å². The smallest absolute Gasteiger partial charge is 0.234 e. The second kappa shape index (κ2) is 6.89. The zero-order valence-corrected chi connectivity index (χ0v) is 14.0. The molecule has 3 nitrogen and oxygen atoms in total. The fourth-order valence-corrected chi connectivity index (χ4v) is 3.54. The maximum atomic E-state index is 13.4. The van der Waals surface area contributed by atoms with Crippen LogP contribution in [0.15, 0.2) is 79.1 Å². The highest BCUT2D eigenvalue weighted by molar-refractivity contribution is 6.00. The Morgan fingerprint density at radius 2 is 1.68 bits per heavy atom. The van der Waals surface area contributed by atoms with E-state index in [1.807, 2.05) is 59.5 Å². The third-order valence-corrected chi connectivity index (χ3v) is 4.84. The molecule has 0 radical (unpaired) electrons. The monoisotopic (exact) mass is 328 g/mol. The summed E-state index contributed by atoms with van der Waals surface area (Å²) in [6.07, 6.45) is 5.18. The standard InChI is InChI=1S/C22H20N2O/c25-22(24-15-12-19-8-4-5-9-21(19)24)20(18-6-2-1-3-7-18)16-17-10-13-23-14-11-17/h1-11,13-14,20H,12,15-16H2. The predicted molar refractivity (Wildman–Crippen MR) is 99.6 cm³/mol. The van der Waals surface area contributed by atoms with E-state index in [2.05, 4.69) is 17.1 Å². The van der Waals surface area contributed by atoms with Crippen molar-refractivity contribution in [3.8, 4) is 0 Å². The molecule has 0 aliphatic carbocycles. The summed E-state index contributed by atoms with van der Waals surface area (Å²) in [5, 5.41) is 0. The van der Waals surface area contributed by atoms with Gasteiger partial charge in [-0.25, -0.2) is 0 Å². The molecule has 1 aromatic heterocycles. The lowest BCUT2D eigenvalue weighted by Crippen LogP contribution is -2.34. The van der Waals surface area contributed by atoms with Crippen molar-refractivity contribution >= 4 is 11.6 Å². The van der Waals surface area contributed by atoms with Crippen LogP contribution in [0.3, 0.4) is 0 Å². The van der Waals surface area contributed by atoms with Crippen molar-refractivity contribution < 1.29 is 4.79 Å². The summed E-state index contributed by atoms with van der Waals surface area (Å²) in [6.45, 7) is 0.762. The van der Waals surface area contributed by atoms with Crippen LogP contribution in [0.1, 0.15) is 22.6 Å². The number of rotatable bonds is 4. The number of hydrogen-bond acceptors (Lipinski definition) is 2. The van der Waals surface area contributed by atoms with Crippen LogP contribution in [0, 0.1) is 0 Å². The lowest BCUT2D eigenvalue weighted by molar-refractivity contribution is -0.119. The summed E-state index contributed by atoms with van der Waals surface area (Å²) in [4.78, 5) is 19.5. The van der Waals surface area contributed by atoms with Crippen molar-refractivity contribution in [1.82, 2.24) is 4.98 Å². The largest absolute Gasteiger partial charge is 0.311 e. The van der Waals surface area contributed by atoms with Crippen LogP contribution in [-0.4, -0.2) is 17.4 Å². The first-order valence-corrected chi connectivity index (χ1v) is 8.66.